The van der Waals surface area contributed by atoms with Gasteiger partial charge < -0.3 is 9.80 Å². The Labute approximate surface area is 194 Å². The molecule has 2 aromatic rings. The van der Waals surface area contributed by atoms with Gasteiger partial charge in [-0.05, 0) is 35.7 Å². The van der Waals surface area contributed by atoms with E-state index < -0.39 is 0 Å². The highest BCUT2D eigenvalue weighted by Gasteiger charge is 2.50. The first-order valence-corrected chi connectivity index (χ1v) is 12.2. The smallest absolute Gasteiger partial charge is 0.233 e. The number of fused-ring (bicyclic) bond motifs is 2. The molecule has 2 aliphatic rings. The van der Waals surface area contributed by atoms with Gasteiger partial charge in [-0.3, -0.25) is 4.79 Å². The Balaban J connectivity index is 1.40. The highest BCUT2D eigenvalue weighted by Crippen LogP contribution is 2.52. The number of carbonyl (C=O) groups is 1. The van der Waals surface area contributed by atoms with Crippen LogP contribution < -0.4 is 4.90 Å². The number of hydrogen-bond acceptors (Lipinski definition) is 5. The van der Waals surface area contributed by atoms with Gasteiger partial charge in [0.25, 0.3) is 0 Å². The van der Waals surface area contributed by atoms with Crippen molar-refractivity contribution < 1.29 is 4.79 Å². The van der Waals surface area contributed by atoms with Crippen molar-refractivity contribution in [1.82, 2.24) is 14.9 Å². The van der Waals surface area contributed by atoms with Gasteiger partial charge in [-0.25, -0.2) is 9.97 Å². The average Bonchev–Trinajstić information content (AvgIpc) is 2.95. The third kappa shape index (κ3) is 5.35. The number of hydrogen-bond donors (Lipinski definition) is 0. The maximum atomic E-state index is 13.1. The van der Waals surface area contributed by atoms with Crippen LogP contribution in [0.5, 0.6) is 0 Å². The normalized spacial score (nSPS) is 24.3. The van der Waals surface area contributed by atoms with Crippen LogP contribution in [-0.4, -0.2) is 46.2 Å². The lowest BCUT2D eigenvalue weighted by Gasteiger charge is -2.39. The Hall–Kier alpha value is -1.79. The maximum absolute atomic E-state index is 13.1. The SMILES string of the molecule is CN(Cc1ccccc1)c1cc(Cl)nc(SCC(=O)N2CC3(C)CC2CC(C)(C)C3)n1. The average molecular weight is 459 g/mol. The zero-order valence-electron chi connectivity index (χ0n) is 18.8. The van der Waals surface area contributed by atoms with E-state index in [4.69, 9.17) is 11.6 Å². The summed E-state index contributed by atoms with van der Waals surface area (Å²) in [5.74, 6) is 1.28. The summed E-state index contributed by atoms with van der Waals surface area (Å²) in [5.41, 5.74) is 1.74. The van der Waals surface area contributed by atoms with Gasteiger partial charge in [0, 0.05) is 32.2 Å². The number of likely N-dealkylation sites (tertiary alicyclic amines) is 1. The molecular formula is C24H31ClN4OS. The van der Waals surface area contributed by atoms with Gasteiger partial charge in [0.05, 0.1) is 5.75 Å². The third-order valence-electron chi connectivity index (χ3n) is 6.37. The fraction of sp³-hybridized carbons (Fsp3) is 0.542. The fourth-order valence-corrected chi connectivity index (χ4v) is 6.51. The first-order valence-electron chi connectivity index (χ1n) is 10.8. The van der Waals surface area contributed by atoms with Crippen molar-refractivity contribution in [2.24, 2.45) is 10.8 Å². The summed E-state index contributed by atoms with van der Waals surface area (Å²) in [6, 6.07) is 12.4. The molecule has 2 fully saturated rings. The maximum Gasteiger partial charge on any atom is 0.233 e. The Morgan fingerprint density at radius 2 is 1.97 bits per heavy atom. The molecule has 2 heterocycles. The molecular weight excluding hydrogens is 428 g/mol. The fourth-order valence-electron chi connectivity index (χ4n) is 5.54. The van der Waals surface area contributed by atoms with Crippen molar-refractivity contribution >= 4 is 35.1 Å². The van der Waals surface area contributed by atoms with Crippen LogP contribution in [0.3, 0.4) is 0 Å². The number of carbonyl (C=O) groups excluding carboxylic acids is 1. The van der Waals surface area contributed by atoms with Crippen molar-refractivity contribution in [2.45, 2.75) is 57.8 Å². The van der Waals surface area contributed by atoms with E-state index >= 15 is 0 Å². The molecule has 31 heavy (non-hydrogen) atoms. The van der Waals surface area contributed by atoms with E-state index in [0.717, 1.165) is 31.7 Å². The summed E-state index contributed by atoms with van der Waals surface area (Å²) in [6.45, 7) is 8.57. The molecule has 166 valence electrons. The lowest BCUT2D eigenvalue weighted by molar-refractivity contribution is -0.129. The van der Waals surface area contributed by atoms with Crippen LogP contribution in [0.2, 0.25) is 5.15 Å². The highest BCUT2D eigenvalue weighted by molar-refractivity contribution is 7.99. The van der Waals surface area contributed by atoms with E-state index in [1.807, 2.05) is 30.1 Å². The molecule has 0 spiro atoms. The number of rotatable bonds is 6. The quantitative estimate of drug-likeness (QED) is 0.334. The van der Waals surface area contributed by atoms with Crippen LogP contribution >= 0.6 is 23.4 Å². The lowest BCUT2D eigenvalue weighted by Crippen LogP contribution is -2.38. The molecule has 1 saturated carbocycles. The molecule has 1 aliphatic carbocycles. The largest absolute Gasteiger partial charge is 0.355 e. The van der Waals surface area contributed by atoms with Gasteiger partial charge in [-0.1, -0.05) is 74.5 Å². The number of anilines is 1. The minimum atomic E-state index is 0.180. The number of thioether (sulfide) groups is 1. The predicted octanol–water partition coefficient (Wildman–Crippen LogP) is 5.29. The summed E-state index contributed by atoms with van der Waals surface area (Å²) in [6.07, 6.45) is 3.39. The Bertz CT molecular complexity index is 954. The van der Waals surface area contributed by atoms with Crippen LogP contribution in [0.15, 0.2) is 41.6 Å². The molecule has 2 atom stereocenters. The molecule has 1 amide bonds. The molecule has 7 heteroatoms. The van der Waals surface area contributed by atoms with E-state index in [2.05, 4.69) is 47.8 Å². The minimum absolute atomic E-state index is 0.180. The van der Waals surface area contributed by atoms with Gasteiger partial charge in [-0.15, -0.1) is 0 Å². The second-order valence-electron chi connectivity index (χ2n) is 10.2. The monoisotopic (exact) mass is 458 g/mol. The number of nitrogens with zero attached hydrogens (tertiary/aromatic N) is 4. The lowest BCUT2D eigenvalue weighted by atomic mass is 9.65. The van der Waals surface area contributed by atoms with Crippen molar-refractivity contribution in [3.63, 3.8) is 0 Å². The molecule has 1 aromatic heterocycles. The summed E-state index contributed by atoms with van der Waals surface area (Å²) in [7, 11) is 1.98. The molecule has 2 unspecified atom stereocenters. The van der Waals surface area contributed by atoms with Gasteiger partial charge in [-0.2, -0.15) is 0 Å². The second kappa shape index (κ2) is 8.62. The van der Waals surface area contributed by atoms with Gasteiger partial charge in [0.1, 0.15) is 11.0 Å². The number of amides is 1. The topological polar surface area (TPSA) is 49.3 Å². The van der Waals surface area contributed by atoms with E-state index in [1.54, 1.807) is 6.07 Å². The molecule has 1 saturated heterocycles. The molecule has 1 aromatic carbocycles. The number of halogens is 1. The van der Waals surface area contributed by atoms with Gasteiger partial charge in [0.15, 0.2) is 5.16 Å². The highest BCUT2D eigenvalue weighted by atomic mass is 35.5. The van der Waals surface area contributed by atoms with Crippen molar-refractivity contribution in [3.8, 4) is 0 Å². The summed E-state index contributed by atoms with van der Waals surface area (Å²) in [5, 5.41) is 0.940. The van der Waals surface area contributed by atoms with E-state index in [9.17, 15) is 4.79 Å². The zero-order valence-corrected chi connectivity index (χ0v) is 20.3. The number of benzene rings is 1. The van der Waals surface area contributed by atoms with E-state index in [-0.39, 0.29) is 11.3 Å². The number of aromatic nitrogens is 2. The van der Waals surface area contributed by atoms with Crippen molar-refractivity contribution in [1.29, 1.82) is 0 Å². The van der Waals surface area contributed by atoms with Crippen LogP contribution in [0.4, 0.5) is 5.82 Å². The van der Waals surface area contributed by atoms with Crippen LogP contribution in [0, 0.1) is 10.8 Å². The molecule has 2 bridgehead atoms. The van der Waals surface area contributed by atoms with E-state index in [0.29, 0.717) is 27.5 Å². The Morgan fingerprint density at radius 1 is 1.23 bits per heavy atom. The summed E-state index contributed by atoms with van der Waals surface area (Å²) < 4.78 is 0. The van der Waals surface area contributed by atoms with Crippen molar-refractivity contribution in [2.75, 3.05) is 24.2 Å². The van der Waals surface area contributed by atoms with Crippen LogP contribution in [0.25, 0.3) is 0 Å². The summed E-state index contributed by atoms with van der Waals surface area (Å²) >= 11 is 7.65. The minimum Gasteiger partial charge on any atom is -0.355 e. The molecule has 1 aliphatic heterocycles. The zero-order chi connectivity index (χ0) is 22.2. The van der Waals surface area contributed by atoms with Gasteiger partial charge in [0.2, 0.25) is 5.91 Å². The first kappa shape index (κ1) is 22.4. The third-order valence-corrected chi connectivity index (χ3v) is 7.40. The molecule has 0 radical (unpaired) electrons. The molecule has 5 nitrogen and oxygen atoms in total. The van der Waals surface area contributed by atoms with Crippen LogP contribution in [0.1, 0.15) is 45.6 Å². The van der Waals surface area contributed by atoms with Crippen molar-refractivity contribution in [3.05, 3.63) is 47.1 Å². The first-order chi connectivity index (χ1) is 14.6. The van der Waals surface area contributed by atoms with Crippen LogP contribution in [-0.2, 0) is 11.3 Å². The Kier molecular flexibility index (Phi) is 6.23. The van der Waals surface area contributed by atoms with E-state index in [1.165, 1.54) is 23.7 Å². The molecule has 4 rings (SSSR count). The second-order valence-corrected chi connectivity index (χ2v) is 11.5. The summed E-state index contributed by atoms with van der Waals surface area (Å²) in [4.78, 5) is 26.2. The van der Waals surface area contributed by atoms with Gasteiger partial charge >= 0.3 is 0 Å². The predicted molar refractivity (Wildman–Crippen MR) is 128 cm³/mol. The standard InChI is InChI=1S/C24H31ClN4OS/c1-23(2)11-18-12-24(3,15-23)16-29(18)21(30)14-31-22-26-19(25)10-20(27-22)28(4)13-17-8-6-5-7-9-17/h5-10,18H,11-16H2,1-4H3. The Morgan fingerprint density at radius 3 is 2.71 bits per heavy atom. The molecule has 0 N–H and O–H groups in total.